The van der Waals surface area contributed by atoms with Crippen LogP contribution in [0.2, 0.25) is 5.02 Å². The molecule has 0 saturated carbocycles. The molecule has 2 aromatic carbocycles. The zero-order valence-corrected chi connectivity index (χ0v) is 16.0. The summed E-state index contributed by atoms with van der Waals surface area (Å²) in [6.07, 6.45) is 0. The van der Waals surface area contributed by atoms with Crippen LogP contribution in [-0.4, -0.2) is 20.6 Å². The van der Waals surface area contributed by atoms with Crippen molar-refractivity contribution in [2.24, 2.45) is 0 Å². The zero-order valence-electron chi connectivity index (χ0n) is 12.8. The first-order valence-electron chi connectivity index (χ1n) is 6.91. The molecular weight excluding hydrogens is 420 g/mol. The predicted molar refractivity (Wildman–Crippen MR) is 95.5 cm³/mol. The summed E-state index contributed by atoms with van der Waals surface area (Å²) in [5, 5.41) is 9.95. The number of hydrogen-bond donors (Lipinski definition) is 1. The van der Waals surface area contributed by atoms with E-state index in [4.69, 9.17) is 16.3 Å². The Labute approximate surface area is 154 Å². The molecule has 0 atom stereocenters. The van der Waals surface area contributed by atoms with Gasteiger partial charge in [-0.15, -0.1) is 0 Å². The highest BCUT2D eigenvalue weighted by molar-refractivity contribution is 9.10. The summed E-state index contributed by atoms with van der Waals surface area (Å²) in [7, 11) is -2.54. The molecule has 0 fully saturated rings. The summed E-state index contributed by atoms with van der Waals surface area (Å²) in [4.78, 5) is 0. The Morgan fingerprint density at radius 1 is 1.17 bits per heavy atom. The molecule has 0 amide bonds. The molecule has 24 heavy (non-hydrogen) atoms. The number of ether oxygens (including phenoxy) is 1. The van der Waals surface area contributed by atoms with Crippen LogP contribution in [-0.2, 0) is 33.3 Å². The van der Waals surface area contributed by atoms with E-state index in [0.717, 1.165) is 17.1 Å². The van der Waals surface area contributed by atoms with E-state index < -0.39 is 10.1 Å². The van der Waals surface area contributed by atoms with Crippen molar-refractivity contribution in [1.82, 2.24) is 0 Å². The molecule has 0 saturated heterocycles. The van der Waals surface area contributed by atoms with E-state index in [1.165, 1.54) is 0 Å². The first-order chi connectivity index (χ1) is 11.3. The van der Waals surface area contributed by atoms with Crippen LogP contribution in [0.1, 0.15) is 16.7 Å². The van der Waals surface area contributed by atoms with Gasteiger partial charge in [0.1, 0.15) is 18.1 Å². The Balaban J connectivity index is 2.20. The van der Waals surface area contributed by atoms with Crippen LogP contribution in [0.5, 0.6) is 5.75 Å². The normalized spacial score (nSPS) is 11.5. The average molecular weight is 436 g/mol. The SMILES string of the molecule is COS(=O)(=O)Cc1cc(CO)cc(OCc2ccc(Cl)cc2Br)c1. The average Bonchev–Trinajstić information content (AvgIpc) is 2.53. The van der Waals surface area contributed by atoms with Crippen molar-refractivity contribution in [3.05, 3.63) is 62.6 Å². The summed E-state index contributed by atoms with van der Waals surface area (Å²) >= 11 is 9.31. The predicted octanol–water partition coefficient (Wildman–Crippen LogP) is 3.65. The second-order valence-corrected chi connectivity index (χ2v) is 8.06. The number of benzene rings is 2. The largest absolute Gasteiger partial charge is 0.489 e. The highest BCUT2D eigenvalue weighted by atomic mass is 79.9. The van der Waals surface area contributed by atoms with Gasteiger partial charge < -0.3 is 9.84 Å². The molecule has 2 rings (SSSR count). The monoisotopic (exact) mass is 434 g/mol. The van der Waals surface area contributed by atoms with Crippen LogP contribution in [0.25, 0.3) is 0 Å². The molecule has 2 aromatic rings. The van der Waals surface area contributed by atoms with E-state index in [2.05, 4.69) is 20.1 Å². The minimum absolute atomic E-state index is 0.220. The molecular formula is C16H16BrClO5S. The van der Waals surface area contributed by atoms with E-state index in [9.17, 15) is 13.5 Å². The van der Waals surface area contributed by atoms with E-state index >= 15 is 0 Å². The molecule has 5 nitrogen and oxygen atoms in total. The summed E-state index contributed by atoms with van der Waals surface area (Å²) in [6, 6.07) is 10.2. The van der Waals surface area contributed by atoms with Gasteiger partial charge in [0.25, 0.3) is 10.1 Å². The summed E-state index contributed by atoms with van der Waals surface area (Å²) in [5.41, 5.74) is 1.93. The third kappa shape index (κ3) is 5.46. The van der Waals surface area contributed by atoms with E-state index in [1.54, 1.807) is 30.3 Å². The van der Waals surface area contributed by atoms with Gasteiger partial charge >= 0.3 is 0 Å². The fraction of sp³-hybridized carbons (Fsp3) is 0.250. The fourth-order valence-electron chi connectivity index (χ4n) is 2.05. The summed E-state index contributed by atoms with van der Waals surface area (Å²) in [6.45, 7) is 0.0466. The van der Waals surface area contributed by atoms with Gasteiger partial charge in [-0.1, -0.05) is 39.7 Å². The molecule has 0 aromatic heterocycles. The van der Waals surface area contributed by atoms with Gasteiger partial charge in [-0.05, 0) is 35.4 Å². The molecule has 0 heterocycles. The maximum Gasteiger partial charge on any atom is 0.271 e. The molecule has 0 aliphatic carbocycles. The highest BCUT2D eigenvalue weighted by Crippen LogP contribution is 2.25. The molecule has 0 aliphatic heterocycles. The van der Waals surface area contributed by atoms with Crippen molar-refractivity contribution in [2.45, 2.75) is 19.0 Å². The van der Waals surface area contributed by atoms with Gasteiger partial charge in [-0.3, -0.25) is 4.18 Å². The van der Waals surface area contributed by atoms with Gasteiger partial charge in [-0.2, -0.15) is 8.42 Å². The molecule has 130 valence electrons. The maximum atomic E-state index is 11.6. The van der Waals surface area contributed by atoms with Gasteiger partial charge in [0.15, 0.2) is 0 Å². The maximum absolute atomic E-state index is 11.6. The Bertz CT molecular complexity index is 823. The number of aliphatic hydroxyl groups excluding tert-OH is 1. The molecule has 0 spiro atoms. The number of hydrogen-bond acceptors (Lipinski definition) is 5. The summed E-state index contributed by atoms with van der Waals surface area (Å²) < 4.78 is 34.2. The van der Waals surface area contributed by atoms with E-state index in [-0.39, 0.29) is 19.0 Å². The van der Waals surface area contributed by atoms with E-state index in [1.807, 2.05) is 6.07 Å². The number of halogens is 2. The van der Waals surface area contributed by atoms with Crippen LogP contribution in [0.3, 0.4) is 0 Å². The van der Waals surface area contributed by atoms with Crippen LogP contribution >= 0.6 is 27.5 Å². The zero-order chi connectivity index (χ0) is 17.7. The molecule has 0 unspecified atom stereocenters. The Morgan fingerprint density at radius 2 is 1.88 bits per heavy atom. The Kier molecular flexibility index (Phi) is 6.65. The van der Waals surface area contributed by atoms with Crippen molar-refractivity contribution in [3.8, 4) is 5.75 Å². The Hall–Kier alpha value is -1.12. The lowest BCUT2D eigenvalue weighted by Crippen LogP contribution is -2.07. The first-order valence-corrected chi connectivity index (χ1v) is 9.66. The standard InChI is InChI=1S/C16H16BrClO5S/c1-22-24(20,21)10-12-4-11(8-19)5-15(6-12)23-9-13-2-3-14(18)7-16(13)17/h2-7,19H,8-10H2,1H3. The summed E-state index contributed by atoms with van der Waals surface area (Å²) in [5.74, 6) is 0.169. The number of rotatable bonds is 7. The van der Waals surface area contributed by atoms with Gasteiger partial charge in [-0.25, -0.2) is 0 Å². The first kappa shape index (κ1) is 19.2. The topological polar surface area (TPSA) is 72.8 Å². The minimum atomic E-state index is -3.65. The molecule has 8 heteroatoms. The number of aliphatic hydroxyl groups is 1. The van der Waals surface area contributed by atoms with Gasteiger partial charge in [0.2, 0.25) is 0 Å². The lowest BCUT2D eigenvalue weighted by Gasteiger charge is -2.11. The third-order valence-electron chi connectivity index (χ3n) is 3.22. The van der Waals surface area contributed by atoms with Crippen molar-refractivity contribution in [3.63, 3.8) is 0 Å². The van der Waals surface area contributed by atoms with Crippen molar-refractivity contribution >= 4 is 37.6 Å². The minimum Gasteiger partial charge on any atom is -0.489 e. The third-order valence-corrected chi connectivity index (χ3v) is 5.38. The van der Waals surface area contributed by atoms with Crippen molar-refractivity contribution in [1.29, 1.82) is 0 Å². The fourth-order valence-corrected chi connectivity index (χ4v) is 3.54. The second kappa shape index (κ2) is 8.31. The van der Waals surface area contributed by atoms with Crippen molar-refractivity contribution in [2.75, 3.05) is 7.11 Å². The lowest BCUT2D eigenvalue weighted by atomic mass is 10.1. The molecule has 0 aliphatic rings. The van der Waals surface area contributed by atoms with Crippen LogP contribution < -0.4 is 4.74 Å². The van der Waals surface area contributed by atoms with Gasteiger partial charge in [0, 0.05) is 15.1 Å². The molecule has 0 radical (unpaired) electrons. The smallest absolute Gasteiger partial charge is 0.271 e. The second-order valence-electron chi connectivity index (χ2n) is 5.04. The Morgan fingerprint density at radius 3 is 2.50 bits per heavy atom. The van der Waals surface area contributed by atoms with Crippen LogP contribution in [0.4, 0.5) is 0 Å². The van der Waals surface area contributed by atoms with E-state index in [0.29, 0.717) is 21.9 Å². The van der Waals surface area contributed by atoms with Crippen LogP contribution in [0.15, 0.2) is 40.9 Å². The quantitative estimate of drug-likeness (QED) is 0.672. The highest BCUT2D eigenvalue weighted by Gasteiger charge is 2.12. The van der Waals surface area contributed by atoms with Crippen LogP contribution in [0, 0.1) is 0 Å². The van der Waals surface area contributed by atoms with Gasteiger partial charge in [0.05, 0.1) is 13.7 Å². The van der Waals surface area contributed by atoms with Crippen molar-refractivity contribution < 1.29 is 22.4 Å². The lowest BCUT2D eigenvalue weighted by molar-refractivity contribution is 0.277. The molecule has 0 bridgehead atoms. The molecule has 1 N–H and O–H groups in total.